The van der Waals surface area contributed by atoms with E-state index < -0.39 is 0 Å². The zero-order chi connectivity index (χ0) is 15.4. The fourth-order valence-electron chi connectivity index (χ4n) is 3.50. The second-order valence-electron chi connectivity index (χ2n) is 6.64. The van der Waals surface area contributed by atoms with Crippen LogP contribution in [-0.2, 0) is 4.79 Å². The van der Waals surface area contributed by atoms with E-state index in [9.17, 15) is 4.79 Å². The second-order valence-corrected chi connectivity index (χ2v) is 6.64. The number of rotatable bonds is 3. The Labute approximate surface area is 132 Å². The van der Waals surface area contributed by atoms with E-state index in [2.05, 4.69) is 20.4 Å². The third kappa shape index (κ3) is 3.76. The van der Waals surface area contributed by atoms with Gasteiger partial charge in [0.1, 0.15) is 0 Å². The number of nitrogens with zero attached hydrogens (tertiary/aromatic N) is 3. The molecule has 5 nitrogen and oxygen atoms in total. The third-order valence-corrected chi connectivity index (χ3v) is 4.93. The topological polar surface area (TPSA) is 58.1 Å². The van der Waals surface area contributed by atoms with Crippen molar-refractivity contribution in [3.8, 4) is 0 Å². The van der Waals surface area contributed by atoms with Crippen LogP contribution in [0.25, 0.3) is 0 Å². The first-order valence-corrected chi connectivity index (χ1v) is 8.58. The molecule has 1 N–H and O–H groups in total. The van der Waals surface area contributed by atoms with Crippen molar-refractivity contribution >= 4 is 11.7 Å². The summed E-state index contributed by atoms with van der Waals surface area (Å²) in [5.74, 6) is 1.36. The summed E-state index contributed by atoms with van der Waals surface area (Å²) in [7, 11) is 0. The van der Waals surface area contributed by atoms with Gasteiger partial charge in [0, 0.05) is 25.0 Å². The molecule has 0 spiro atoms. The molecule has 0 bridgehead atoms. The molecule has 2 aliphatic rings. The Morgan fingerprint density at radius 1 is 1.09 bits per heavy atom. The van der Waals surface area contributed by atoms with Crippen LogP contribution in [0.15, 0.2) is 12.1 Å². The summed E-state index contributed by atoms with van der Waals surface area (Å²) >= 11 is 0. The SMILES string of the molecule is Cc1ccc(N2CCC(C(=O)NC3CCCCC3)CC2)nn1. The largest absolute Gasteiger partial charge is 0.355 e. The molecule has 1 aliphatic carbocycles. The molecule has 1 aromatic rings. The summed E-state index contributed by atoms with van der Waals surface area (Å²) in [5.41, 5.74) is 0.936. The number of hydrogen-bond donors (Lipinski definition) is 1. The van der Waals surface area contributed by atoms with Crippen LogP contribution in [0.2, 0.25) is 0 Å². The van der Waals surface area contributed by atoms with Gasteiger partial charge in [0.15, 0.2) is 5.82 Å². The molecular formula is C17H26N4O. The molecule has 2 heterocycles. The van der Waals surface area contributed by atoms with Crippen LogP contribution < -0.4 is 10.2 Å². The molecule has 120 valence electrons. The number of piperidine rings is 1. The number of carbonyl (C=O) groups excluding carboxylic acids is 1. The van der Waals surface area contributed by atoms with E-state index in [0.29, 0.717) is 6.04 Å². The van der Waals surface area contributed by atoms with Crippen molar-refractivity contribution in [3.63, 3.8) is 0 Å². The number of anilines is 1. The van der Waals surface area contributed by atoms with Gasteiger partial charge in [-0.1, -0.05) is 19.3 Å². The lowest BCUT2D eigenvalue weighted by molar-refractivity contribution is -0.126. The number of aryl methyl sites for hydroxylation is 1. The summed E-state index contributed by atoms with van der Waals surface area (Å²) < 4.78 is 0. The van der Waals surface area contributed by atoms with Crippen molar-refractivity contribution in [2.45, 2.75) is 57.9 Å². The highest BCUT2D eigenvalue weighted by Crippen LogP contribution is 2.23. The molecule has 1 aromatic heterocycles. The van der Waals surface area contributed by atoms with Gasteiger partial charge in [-0.25, -0.2) is 0 Å². The first-order chi connectivity index (χ1) is 10.7. The van der Waals surface area contributed by atoms with Gasteiger partial charge >= 0.3 is 0 Å². The lowest BCUT2D eigenvalue weighted by atomic mass is 9.92. The maximum Gasteiger partial charge on any atom is 0.223 e. The Morgan fingerprint density at radius 2 is 1.82 bits per heavy atom. The molecule has 0 atom stereocenters. The molecular weight excluding hydrogens is 276 g/mol. The molecule has 2 fully saturated rings. The van der Waals surface area contributed by atoms with Crippen LogP contribution >= 0.6 is 0 Å². The Morgan fingerprint density at radius 3 is 2.45 bits per heavy atom. The lowest BCUT2D eigenvalue weighted by Crippen LogP contribution is -2.44. The lowest BCUT2D eigenvalue weighted by Gasteiger charge is -2.33. The quantitative estimate of drug-likeness (QED) is 0.932. The minimum atomic E-state index is 0.164. The van der Waals surface area contributed by atoms with Crippen LogP contribution in [0.3, 0.4) is 0 Å². The van der Waals surface area contributed by atoms with Gasteiger partial charge in [-0.05, 0) is 44.7 Å². The second kappa shape index (κ2) is 7.07. The predicted octanol–water partition coefficient (Wildman–Crippen LogP) is 2.45. The average Bonchev–Trinajstić information content (AvgIpc) is 2.57. The standard InChI is InChI=1S/C17H26N4O/c1-13-7-8-16(20-19-13)21-11-9-14(10-12-21)17(22)18-15-5-3-2-4-6-15/h7-8,14-15H,2-6,9-12H2,1H3,(H,18,22). The Kier molecular flexibility index (Phi) is 4.90. The summed E-state index contributed by atoms with van der Waals surface area (Å²) in [6.07, 6.45) is 7.97. The number of aromatic nitrogens is 2. The molecule has 1 saturated carbocycles. The number of amides is 1. The number of nitrogens with one attached hydrogen (secondary N) is 1. The molecule has 0 aromatic carbocycles. The summed E-state index contributed by atoms with van der Waals surface area (Å²) in [6, 6.07) is 4.43. The summed E-state index contributed by atoms with van der Waals surface area (Å²) in [6.45, 7) is 3.72. The van der Waals surface area contributed by atoms with Crippen molar-refractivity contribution in [3.05, 3.63) is 17.8 Å². The molecule has 0 radical (unpaired) electrons. The van der Waals surface area contributed by atoms with Crippen molar-refractivity contribution in [2.24, 2.45) is 5.92 Å². The van der Waals surface area contributed by atoms with Gasteiger partial charge in [0.2, 0.25) is 5.91 Å². The maximum atomic E-state index is 12.4. The highest BCUT2D eigenvalue weighted by Gasteiger charge is 2.27. The van der Waals surface area contributed by atoms with Crippen molar-refractivity contribution in [1.82, 2.24) is 15.5 Å². The zero-order valence-electron chi connectivity index (χ0n) is 13.4. The van der Waals surface area contributed by atoms with Crippen molar-refractivity contribution in [1.29, 1.82) is 0 Å². The van der Waals surface area contributed by atoms with Crippen LogP contribution in [0, 0.1) is 12.8 Å². The van der Waals surface area contributed by atoms with Gasteiger partial charge in [-0.2, -0.15) is 5.10 Å². The third-order valence-electron chi connectivity index (χ3n) is 4.93. The predicted molar refractivity (Wildman–Crippen MR) is 86.7 cm³/mol. The Balaban J connectivity index is 1.48. The highest BCUT2D eigenvalue weighted by molar-refractivity contribution is 5.79. The highest BCUT2D eigenvalue weighted by atomic mass is 16.1. The summed E-state index contributed by atoms with van der Waals surface area (Å²) in [5, 5.41) is 11.6. The van der Waals surface area contributed by atoms with Crippen LogP contribution in [0.5, 0.6) is 0 Å². The monoisotopic (exact) mass is 302 g/mol. The summed E-state index contributed by atoms with van der Waals surface area (Å²) in [4.78, 5) is 14.6. The minimum absolute atomic E-state index is 0.164. The number of carbonyl (C=O) groups is 1. The van der Waals surface area contributed by atoms with E-state index in [1.54, 1.807) is 0 Å². The van der Waals surface area contributed by atoms with Crippen LogP contribution in [-0.4, -0.2) is 35.2 Å². The van der Waals surface area contributed by atoms with E-state index in [1.807, 2.05) is 19.1 Å². The van der Waals surface area contributed by atoms with Crippen LogP contribution in [0.4, 0.5) is 5.82 Å². The van der Waals surface area contributed by atoms with E-state index in [0.717, 1.165) is 50.3 Å². The van der Waals surface area contributed by atoms with Gasteiger partial charge in [0.05, 0.1) is 5.69 Å². The van der Waals surface area contributed by atoms with Gasteiger partial charge in [0.25, 0.3) is 0 Å². The molecule has 0 unspecified atom stereocenters. The zero-order valence-corrected chi connectivity index (χ0v) is 13.4. The first-order valence-electron chi connectivity index (χ1n) is 8.58. The van der Waals surface area contributed by atoms with Crippen molar-refractivity contribution in [2.75, 3.05) is 18.0 Å². The normalized spacial score (nSPS) is 20.9. The molecule has 22 heavy (non-hydrogen) atoms. The van der Waals surface area contributed by atoms with Crippen molar-refractivity contribution < 1.29 is 4.79 Å². The Hall–Kier alpha value is -1.65. The molecule has 3 rings (SSSR count). The molecule has 5 heteroatoms. The average molecular weight is 302 g/mol. The van der Waals surface area contributed by atoms with E-state index >= 15 is 0 Å². The van der Waals surface area contributed by atoms with E-state index in [1.165, 1.54) is 19.3 Å². The minimum Gasteiger partial charge on any atom is -0.355 e. The maximum absolute atomic E-state index is 12.4. The molecule has 1 aliphatic heterocycles. The molecule has 1 saturated heterocycles. The van der Waals surface area contributed by atoms with E-state index in [4.69, 9.17) is 0 Å². The van der Waals surface area contributed by atoms with Gasteiger partial charge in [-0.15, -0.1) is 5.10 Å². The Bertz CT molecular complexity index is 488. The smallest absolute Gasteiger partial charge is 0.223 e. The van der Waals surface area contributed by atoms with Gasteiger partial charge < -0.3 is 10.2 Å². The fraction of sp³-hybridized carbons (Fsp3) is 0.706. The fourth-order valence-corrected chi connectivity index (χ4v) is 3.50. The van der Waals surface area contributed by atoms with Gasteiger partial charge in [-0.3, -0.25) is 4.79 Å². The molecule has 1 amide bonds. The van der Waals surface area contributed by atoms with E-state index in [-0.39, 0.29) is 11.8 Å². The van der Waals surface area contributed by atoms with Crippen LogP contribution in [0.1, 0.15) is 50.6 Å². The first kappa shape index (κ1) is 15.3. The number of hydrogen-bond acceptors (Lipinski definition) is 4.